The van der Waals surface area contributed by atoms with Crippen LogP contribution in [0.2, 0.25) is 10.0 Å². The maximum atomic E-state index is 12.9. The van der Waals surface area contributed by atoms with Gasteiger partial charge in [0.2, 0.25) is 0 Å². The Bertz CT molecular complexity index is 1210. The van der Waals surface area contributed by atoms with Gasteiger partial charge in [0, 0.05) is 15.6 Å². The highest BCUT2D eigenvalue weighted by Gasteiger charge is 2.17. The summed E-state index contributed by atoms with van der Waals surface area (Å²) >= 11 is 13.7. The summed E-state index contributed by atoms with van der Waals surface area (Å²) in [4.78, 5) is 17.4. The van der Waals surface area contributed by atoms with E-state index in [1.165, 1.54) is 16.0 Å². The van der Waals surface area contributed by atoms with Gasteiger partial charge in [0.25, 0.3) is 5.56 Å². The second-order valence-corrected chi connectivity index (χ2v) is 8.37. The van der Waals surface area contributed by atoms with Crippen LogP contribution in [-0.2, 0) is 6.54 Å². The molecule has 0 radical (unpaired) electrons. The number of halogens is 2. The fourth-order valence-corrected chi connectivity index (χ4v) is 4.27. The first kappa shape index (κ1) is 18.2. The molecule has 0 amide bonds. The molecule has 0 bridgehead atoms. The minimum absolute atomic E-state index is 0.226. The van der Waals surface area contributed by atoms with Crippen LogP contribution in [0.1, 0.15) is 16.1 Å². The Morgan fingerprint density at radius 1 is 1.07 bits per heavy atom. The van der Waals surface area contributed by atoms with Crippen molar-refractivity contribution >= 4 is 44.8 Å². The number of hydrogen-bond donors (Lipinski definition) is 0. The first-order chi connectivity index (χ1) is 12.9. The first-order valence-corrected chi connectivity index (χ1v) is 9.89. The van der Waals surface area contributed by atoms with Gasteiger partial charge in [-0.15, -0.1) is 11.3 Å². The number of hydrogen-bond acceptors (Lipinski definition) is 4. The van der Waals surface area contributed by atoms with E-state index in [2.05, 4.69) is 10.1 Å². The Balaban J connectivity index is 1.92. The largest absolute Gasteiger partial charge is 0.294 e. The maximum absolute atomic E-state index is 12.9. The predicted octanol–water partition coefficient (Wildman–Crippen LogP) is 5.49. The number of aromatic nitrogens is 3. The van der Waals surface area contributed by atoms with Crippen molar-refractivity contribution in [3.8, 4) is 11.3 Å². The highest BCUT2D eigenvalue weighted by molar-refractivity contribution is 7.19. The van der Waals surface area contributed by atoms with E-state index in [4.69, 9.17) is 23.2 Å². The van der Waals surface area contributed by atoms with Gasteiger partial charge in [0.15, 0.2) is 5.52 Å². The first-order valence-electron chi connectivity index (χ1n) is 8.31. The lowest BCUT2D eigenvalue weighted by Gasteiger charge is -2.10. The highest BCUT2D eigenvalue weighted by Crippen LogP contribution is 2.30. The molecule has 0 atom stereocenters. The van der Waals surface area contributed by atoms with E-state index < -0.39 is 0 Å². The molecular weight excluding hydrogens is 401 g/mol. The third kappa shape index (κ3) is 3.50. The third-order valence-electron chi connectivity index (χ3n) is 4.27. The Morgan fingerprint density at radius 3 is 2.52 bits per heavy atom. The zero-order valence-electron chi connectivity index (χ0n) is 14.7. The summed E-state index contributed by atoms with van der Waals surface area (Å²) in [5.41, 5.74) is 3.85. The molecular formula is C20H15Cl2N3OS. The van der Waals surface area contributed by atoms with Crippen molar-refractivity contribution in [3.05, 3.63) is 79.0 Å². The standard InChI is InChI=1S/C20H15Cl2N3OS/c1-11-3-5-13(6-4-11)17-19-18(23-12(2)27-19)20(26)25(24-17)10-14-7-8-15(21)9-16(14)22/h3-9H,10H2,1-2H3. The van der Waals surface area contributed by atoms with Gasteiger partial charge in [-0.1, -0.05) is 59.1 Å². The normalized spacial score (nSPS) is 11.3. The van der Waals surface area contributed by atoms with Gasteiger partial charge in [-0.05, 0) is 31.5 Å². The van der Waals surface area contributed by atoms with E-state index in [0.29, 0.717) is 15.6 Å². The summed E-state index contributed by atoms with van der Waals surface area (Å²) in [6, 6.07) is 13.3. The van der Waals surface area contributed by atoms with Crippen molar-refractivity contribution in [2.24, 2.45) is 0 Å². The summed E-state index contributed by atoms with van der Waals surface area (Å²) in [6.45, 7) is 4.18. The molecule has 0 spiro atoms. The number of fused-ring (bicyclic) bond motifs is 1. The van der Waals surface area contributed by atoms with Gasteiger partial charge in [-0.3, -0.25) is 4.79 Å². The molecule has 27 heavy (non-hydrogen) atoms. The molecule has 2 aromatic carbocycles. The summed E-state index contributed by atoms with van der Waals surface area (Å²) in [5, 5.41) is 6.54. The van der Waals surface area contributed by atoms with Crippen LogP contribution in [0.3, 0.4) is 0 Å². The maximum Gasteiger partial charge on any atom is 0.294 e. The van der Waals surface area contributed by atoms with Gasteiger partial charge in [-0.2, -0.15) is 5.10 Å². The van der Waals surface area contributed by atoms with Crippen molar-refractivity contribution in [2.45, 2.75) is 20.4 Å². The predicted molar refractivity (Wildman–Crippen MR) is 112 cm³/mol. The summed E-state index contributed by atoms with van der Waals surface area (Å²) in [7, 11) is 0. The topological polar surface area (TPSA) is 47.8 Å². The van der Waals surface area contributed by atoms with E-state index in [-0.39, 0.29) is 12.1 Å². The van der Waals surface area contributed by atoms with E-state index in [9.17, 15) is 4.79 Å². The second kappa shape index (κ2) is 7.08. The molecule has 0 unspecified atom stereocenters. The van der Waals surface area contributed by atoms with Crippen LogP contribution >= 0.6 is 34.5 Å². The minimum Gasteiger partial charge on any atom is -0.265 e. The van der Waals surface area contributed by atoms with Crippen molar-refractivity contribution in [1.82, 2.24) is 14.8 Å². The molecule has 2 heterocycles. The molecule has 0 fully saturated rings. The summed E-state index contributed by atoms with van der Waals surface area (Å²) < 4.78 is 2.23. The highest BCUT2D eigenvalue weighted by atomic mass is 35.5. The SMILES string of the molecule is Cc1ccc(-c2nn(Cc3ccc(Cl)cc3Cl)c(=O)c3nc(C)sc23)cc1. The molecule has 7 heteroatoms. The number of benzene rings is 2. The average Bonchev–Trinajstić information content (AvgIpc) is 3.02. The molecule has 2 aromatic heterocycles. The summed E-state index contributed by atoms with van der Waals surface area (Å²) in [5.74, 6) is 0. The number of thiazole rings is 1. The Labute approximate surface area is 170 Å². The van der Waals surface area contributed by atoms with Crippen LogP contribution in [0.5, 0.6) is 0 Å². The van der Waals surface area contributed by atoms with Gasteiger partial charge < -0.3 is 0 Å². The molecule has 4 rings (SSSR count). The van der Waals surface area contributed by atoms with Gasteiger partial charge >= 0.3 is 0 Å². The van der Waals surface area contributed by atoms with Crippen molar-refractivity contribution < 1.29 is 0 Å². The van der Waals surface area contributed by atoms with Crippen LogP contribution in [0.4, 0.5) is 0 Å². The molecule has 136 valence electrons. The molecule has 0 aliphatic heterocycles. The average molecular weight is 416 g/mol. The smallest absolute Gasteiger partial charge is 0.265 e. The van der Waals surface area contributed by atoms with E-state index >= 15 is 0 Å². The number of aryl methyl sites for hydroxylation is 2. The van der Waals surface area contributed by atoms with E-state index in [1.807, 2.05) is 38.1 Å². The van der Waals surface area contributed by atoms with Crippen molar-refractivity contribution in [2.75, 3.05) is 0 Å². The van der Waals surface area contributed by atoms with Crippen LogP contribution in [0.25, 0.3) is 21.5 Å². The minimum atomic E-state index is -0.226. The van der Waals surface area contributed by atoms with Gasteiger partial charge in [0.1, 0.15) is 5.69 Å². The molecule has 0 saturated heterocycles. The molecule has 0 N–H and O–H groups in total. The lowest BCUT2D eigenvalue weighted by atomic mass is 10.1. The quantitative estimate of drug-likeness (QED) is 0.444. The van der Waals surface area contributed by atoms with Crippen LogP contribution in [0.15, 0.2) is 47.3 Å². The van der Waals surface area contributed by atoms with E-state index in [0.717, 1.165) is 32.1 Å². The Morgan fingerprint density at radius 2 is 1.81 bits per heavy atom. The Hall–Kier alpha value is -2.21. The van der Waals surface area contributed by atoms with Gasteiger partial charge in [0.05, 0.1) is 16.3 Å². The number of nitrogens with zero attached hydrogens (tertiary/aromatic N) is 3. The molecule has 0 aliphatic rings. The molecule has 0 aliphatic carbocycles. The van der Waals surface area contributed by atoms with Crippen LogP contribution in [0, 0.1) is 13.8 Å². The van der Waals surface area contributed by atoms with Gasteiger partial charge in [-0.25, -0.2) is 9.67 Å². The van der Waals surface area contributed by atoms with Crippen LogP contribution < -0.4 is 5.56 Å². The zero-order valence-corrected chi connectivity index (χ0v) is 17.0. The third-order valence-corrected chi connectivity index (χ3v) is 5.83. The second-order valence-electron chi connectivity index (χ2n) is 6.32. The van der Waals surface area contributed by atoms with Crippen molar-refractivity contribution in [3.63, 3.8) is 0 Å². The lowest BCUT2D eigenvalue weighted by Crippen LogP contribution is -2.24. The lowest BCUT2D eigenvalue weighted by molar-refractivity contribution is 0.650. The molecule has 0 saturated carbocycles. The zero-order chi connectivity index (χ0) is 19.1. The molecule has 4 aromatic rings. The Kier molecular flexibility index (Phi) is 4.76. The van der Waals surface area contributed by atoms with E-state index in [1.54, 1.807) is 18.2 Å². The number of rotatable bonds is 3. The fraction of sp³-hybridized carbons (Fsp3) is 0.150. The summed E-state index contributed by atoms with van der Waals surface area (Å²) in [6.07, 6.45) is 0. The monoisotopic (exact) mass is 415 g/mol. The molecule has 4 nitrogen and oxygen atoms in total. The van der Waals surface area contributed by atoms with Crippen molar-refractivity contribution in [1.29, 1.82) is 0 Å². The van der Waals surface area contributed by atoms with Crippen LogP contribution in [-0.4, -0.2) is 14.8 Å². The fourth-order valence-electron chi connectivity index (χ4n) is 2.88.